The van der Waals surface area contributed by atoms with Crippen LogP contribution in [0.3, 0.4) is 0 Å². The van der Waals surface area contributed by atoms with E-state index < -0.39 is 23.8 Å². The fourth-order valence-corrected chi connectivity index (χ4v) is 3.92. The van der Waals surface area contributed by atoms with E-state index in [1.54, 1.807) is 18.2 Å². The molecule has 3 heterocycles. The van der Waals surface area contributed by atoms with E-state index in [0.717, 1.165) is 0 Å². The molecule has 8 nitrogen and oxygen atoms in total. The lowest BCUT2D eigenvalue weighted by atomic mass is 10.1. The molecule has 1 fully saturated rings. The minimum atomic E-state index is -0.693. The molecular weight excluding hydrogens is 420 g/mol. The quantitative estimate of drug-likeness (QED) is 0.686. The first-order chi connectivity index (χ1) is 15.4. The van der Waals surface area contributed by atoms with Gasteiger partial charge < -0.3 is 20.3 Å². The molecule has 2 aliphatic heterocycles. The second kappa shape index (κ2) is 9.07. The van der Waals surface area contributed by atoms with Crippen LogP contribution in [0.5, 0.6) is 5.75 Å². The summed E-state index contributed by atoms with van der Waals surface area (Å²) in [6, 6.07) is 6.40. The zero-order valence-electron chi connectivity index (χ0n) is 18.0. The Labute approximate surface area is 184 Å². The zero-order chi connectivity index (χ0) is 22.8. The number of aromatic nitrogens is 1. The monoisotopic (exact) mass is 445 g/mol. The van der Waals surface area contributed by atoms with Crippen molar-refractivity contribution < 1.29 is 23.1 Å². The summed E-state index contributed by atoms with van der Waals surface area (Å²) in [7, 11) is 1.46. The van der Waals surface area contributed by atoms with E-state index in [2.05, 4.69) is 20.5 Å². The number of benzene rings is 1. The first-order valence-corrected chi connectivity index (χ1v) is 10.6. The van der Waals surface area contributed by atoms with Crippen molar-refractivity contribution >= 4 is 23.2 Å². The fourth-order valence-electron chi connectivity index (χ4n) is 3.92. The second-order valence-corrected chi connectivity index (χ2v) is 7.76. The van der Waals surface area contributed by atoms with E-state index in [9.17, 15) is 14.0 Å². The van der Waals surface area contributed by atoms with Gasteiger partial charge in [0.05, 0.1) is 5.69 Å². The Morgan fingerprint density at radius 1 is 1.22 bits per heavy atom. The Kier molecular flexibility index (Phi) is 6.22. The van der Waals surface area contributed by atoms with E-state index in [-0.39, 0.29) is 17.3 Å². The van der Waals surface area contributed by atoms with Crippen molar-refractivity contribution in [3.63, 3.8) is 0 Å². The predicted octanol–water partition coefficient (Wildman–Crippen LogP) is 2.15. The van der Waals surface area contributed by atoms with Gasteiger partial charge in [-0.05, 0) is 24.6 Å². The summed E-state index contributed by atoms with van der Waals surface area (Å²) in [6.07, 6.45) is -0.107. The van der Waals surface area contributed by atoms with Crippen LogP contribution in [-0.4, -0.2) is 61.0 Å². The number of amides is 2. The maximum absolute atomic E-state index is 15.0. The van der Waals surface area contributed by atoms with Gasteiger partial charge in [0.25, 0.3) is 11.8 Å². The largest absolute Gasteiger partial charge is 0.478 e. The minimum absolute atomic E-state index is 0.0246. The Morgan fingerprint density at radius 3 is 2.62 bits per heavy atom. The van der Waals surface area contributed by atoms with Crippen molar-refractivity contribution in [3.8, 4) is 5.75 Å². The van der Waals surface area contributed by atoms with Gasteiger partial charge in [-0.3, -0.25) is 14.5 Å². The van der Waals surface area contributed by atoms with Gasteiger partial charge in [0, 0.05) is 45.3 Å². The Morgan fingerprint density at radius 2 is 1.97 bits per heavy atom. The number of hydrogen-bond acceptors (Lipinski definition) is 6. The van der Waals surface area contributed by atoms with Crippen LogP contribution in [0.25, 0.3) is 0 Å². The van der Waals surface area contributed by atoms with Crippen molar-refractivity contribution in [2.24, 2.45) is 0 Å². The first kappa shape index (κ1) is 21.9. The maximum atomic E-state index is 15.0. The van der Waals surface area contributed by atoms with Gasteiger partial charge in [-0.2, -0.15) is 4.39 Å². The number of nitrogens with zero attached hydrogens (tertiary/aromatic N) is 3. The summed E-state index contributed by atoms with van der Waals surface area (Å²) in [5.74, 6) is -1.64. The normalized spacial score (nSPS) is 18.6. The van der Waals surface area contributed by atoms with Crippen LogP contribution in [0.1, 0.15) is 29.4 Å². The molecule has 4 rings (SSSR count). The van der Waals surface area contributed by atoms with Gasteiger partial charge in [0.15, 0.2) is 11.9 Å². The molecule has 0 unspecified atom stereocenters. The summed E-state index contributed by atoms with van der Waals surface area (Å²) in [5.41, 5.74) is 0.901. The molecule has 32 heavy (non-hydrogen) atoms. The van der Waals surface area contributed by atoms with Gasteiger partial charge in [0.2, 0.25) is 5.95 Å². The van der Waals surface area contributed by atoms with Crippen molar-refractivity contribution in [2.45, 2.75) is 26.0 Å². The third kappa shape index (κ3) is 4.22. The molecule has 2 amide bonds. The average Bonchev–Trinajstić information content (AvgIpc) is 2.81. The second-order valence-electron chi connectivity index (χ2n) is 7.76. The van der Waals surface area contributed by atoms with Gasteiger partial charge in [-0.1, -0.05) is 13.0 Å². The predicted molar refractivity (Wildman–Crippen MR) is 115 cm³/mol. The van der Waals surface area contributed by atoms with Crippen LogP contribution in [-0.2, 0) is 11.3 Å². The Hall–Kier alpha value is -3.27. The number of nitrogens with one attached hydrogen (secondary N) is 2. The van der Waals surface area contributed by atoms with Crippen LogP contribution >= 0.6 is 0 Å². The molecule has 1 aromatic heterocycles. The molecule has 2 aromatic rings. The van der Waals surface area contributed by atoms with Crippen LogP contribution in [0.2, 0.25) is 0 Å². The molecule has 0 spiro atoms. The highest BCUT2D eigenvalue weighted by molar-refractivity contribution is 5.98. The molecular formula is C22H25F2N5O3. The van der Waals surface area contributed by atoms with E-state index in [1.807, 2.05) is 11.8 Å². The molecule has 1 aromatic carbocycles. The van der Waals surface area contributed by atoms with Crippen molar-refractivity contribution in [2.75, 3.05) is 43.4 Å². The smallest absolute Gasteiger partial charge is 0.269 e. The van der Waals surface area contributed by atoms with E-state index in [4.69, 9.17) is 4.74 Å². The van der Waals surface area contributed by atoms with Crippen molar-refractivity contribution in [1.29, 1.82) is 0 Å². The number of halogens is 2. The van der Waals surface area contributed by atoms with Gasteiger partial charge in [-0.15, -0.1) is 0 Å². The molecule has 2 aliphatic rings. The Bertz CT molecular complexity index is 1040. The molecule has 1 atom stereocenters. The highest BCUT2D eigenvalue weighted by Crippen LogP contribution is 2.35. The summed E-state index contributed by atoms with van der Waals surface area (Å²) < 4.78 is 35.0. The van der Waals surface area contributed by atoms with E-state index in [1.165, 1.54) is 13.1 Å². The first-order valence-electron chi connectivity index (χ1n) is 10.6. The van der Waals surface area contributed by atoms with E-state index in [0.29, 0.717) is 56.1 Å². The summed E-state index contributed by atoms with van der Waals surface area (Å²) in [5, 5.41) is 5.03. The molecule has 1 saturated heterocycles. The number of hydrogen-bond donors (Lipinski definition) is 2. The minimum Gasteiger partial charge on any atom is -0.478 e. The molecule has 170 valence electrons. The molecule has 0 radical (unpaired) electrons. The van der Waals surface area contributed by atoms with E-state index >= 15 is 4.39 Å². The Balaban J connectivity index is 1.40. The van der Waals surface area contributed by atoms with Crippen LogP contribution in [0.15, 0.2) is 24.3 Å². The lowest BCUT2D eigenvalue weighted by Crippen LogP contribution is -2.46. The molecule has 0 bridgehead atoms. The fraction of sp³-hybridized carbons (Fsp3) is 0.409. The molecule has 2 N–H and O–H groups in total. The topological polar surface area (TPSA) is 86.8 Å². The average molecular weight is 445 g/mol. The highest BCUT2D eigenvalue weighted by Gasteiger charge is 2.30. The number of carbonyl (C=O) groups is 2. The summed E-state index contributed by atoms with van der Waals surface area (Å²) in [4.78, 5) is 31.3. The van der Waals surface area contributed by atoms with Gasteiger partial charge >= 0.3 is 0 Å². The summed E-state index contributed by atoms with van der Waals surface area (Å²) >= 11 is 0. The number of anilines is 2. The summed E-state index contributed by atoms with van der Waals surface area (Å²) in [6.45, 7) is 4.43. The van der Waals surface area contributed by atoms with Crippen molar-refractivity contribution in [3.05, 3.63) is 47.3 Å². The van der Waals surface area contributed by atoms with Crippen LogP contribution in [0.4, 0.5) is 20.2 Å². The zero-order valence-corrected chi connectivity index (χ0v) is 18.0. The van der Waals surface area contributed by atoms with Crippen LogP contribution < -0.4 is 20.3 Å². The number of rotatable bonds is 5. The number of pyridine rings is 1. The molecule has 0 aliphatic carbocycles. The highest BCUT2D eigenvalue weighted by atomic mass is 19.1. The van der Waals surface area contributed by atoms with Gasteiger partial charge in [0.1, 0.15) is 17.1 Å². The number of carbonyl (C=O) groups excluding carboxylic acids is 2. The maximum Gasteiger partial charge on any atom is 0.269 e. The number of fused-ring (bicyclic) bond motifs is 1. The third-order valence-corrected chi connectivity index (χ3v) is 5.76. The molecule has 0 saturated carbocycles. The van der Waals surface area contributed by atoms with Gasteiger partial charge in [-0.25, -0.2) is 9.37 Å². The molecule has 10 heteroatoms. The van der Waals surface area contributed by atoms with Crippen LogP contribution in [0, 0.1) is 11.8 Å². The lowest BCUT2D eigenvalue weighted by molar-refractivity contribution is -0.123. The number of piperazine rings is 1. The standard InChI is InChI=1S/C22H25F2N5O3/c1-3-16-22(31)27-19-17(32-16)7-4-13(18(19)23)12-28-8-10-29(11-9-28)15-6-5-14(21(30)25-2)26-20(15)24/h4-7,16H,3,8-12H2,1-2H3,(H,25,30)(H,27,31)/t16-/m0/s1. The SMILES string of the molecule is CC[C@@H]1Oc2ccc(CN3CCN(c4ccc(C(=O)NC)nc4F)CC3)c(F)c2NC1=O. The lowest BCUT2D eigenvalue weighted by Gasteiger charge is -2.36. The third-order valence-electron chi connectivity index (χ3n) is 5.76. The van der Waals surface area contributed by atoms with Crippen molar-refractivity contribution in [1.82, 2.24) is 15.2 Å². The number of ether oxygens (including phenoxy) is 1.